The van der Waals surface area contributed by atoms with E-state index in [9.17, 15) is 0 Å². The van der Waals surface area contributed by atoms with Crippen LogP contribution in [0.25, 0.3) is 0 Å². The highest BCUT2D eigenvalue weighted by Crippen LogP contribution is 2.63. The number of rotatable bonds is 4. The zero-order valence-electron chi connectivity index (χ0n) is 12.5. The molecule has 1 spiro atoms. The van der Waals surface area contributed by atoms with Crippen LogP contribution in [0, 0.1) is 11.3 Å². The molecule has 20 heavy (non-hydrogen) atoms. The van der Waals surface area contributed by atoms with Crippen molar-refractivity contribution in [1.29, 1.82) is 0 Å². The Kier molecular flexibility index (Phi) is 2.93. The van der Waals surface area contributed by atoms with Gasteiger partial charge in [0, 0.05) is 48.3 Å². The minimum Gasteiger partial charge on any atom is -0.377 e. The predicted molar refractivity (Wildman–Crippen MR) is 77.4 cm³/mol. The summed E-state index contributed by atoms with van der Waals surface area (Å²) in [4.78, 5) is 0. The first kappa shape index (κ1) is 12.8. The topological polar surface area (TPSA) is 39.1 Å². The maximum atomic E-state index is 5.99. The summed E-state index contributed by atoms with van der Waals surface area (Å²) in [6, 6.07) is 1.04. The minimum atomic E-state index is 0.388. The molecule has 0 unspecified atom stereocenters. The zero-order chi connectivity index (χ0) is 13.7. The van der Waals surface area contributed by atoms with Crippen LogP contribution >= 0.6 is 0 Å². The Morgan fingerprint density at radius 1 is 1.55 bits per heavy atom. The lowest BCUT2D eigenvalue weighted by molar-refractivity contribution is -0.178. The fourth-order valence-corrected chi connectivity index (χ4v) is 4.64. The summed E-state index contributed by atoms with van der Waals surface area (Å²) in [6.07, 6.45) is 10.1. The highest BCUT2D eigenvalue weighted by atomic mass is 16.5. The highest BCUT2D eigenvalue weighted by Gasteiger charge is 2.66. The van der Waals surface area contributed by atoms with Gasteiger partial charge < -0.3 is 10.1 Å². The van der Waals surface area contributed by atoms with E-state index >= 15 is 0 Å². The molecule has 1 saturated heterocycles. The van der Waals surface area contributed by atoms with E-state index in [1.165, 1.54) is 31.2 Å². The van der Waals surface area contributed by atoms with Crippen molar-refractivity contribution >= 4 is 0 Å². The smallest absolute Gasteiger partial charge is 0.0690 e. The summed E-state index contributed by atoms with van der Waals surface area (Å²) in [5.41, 5.74) is 1.78. The first-order valence-corrected chi connectivity index (χ1v) is 8.14. The van der Waals surface area contributed by atoms with E-state index in [4.69, 9.17) is 4.74 Å². The summed E-state index contributed by atoms with van der Waals surface area (Å²) in [7, 11) is 0. The SMILES string of the molecule is CCn1cc([C@H](C)N[C@@H]2[C@@H]3CCO[C@H]3C23CCC3)cn1. The molecule has 110 valence electrons. The summed E-state index contributed by atoms with van der Waals surface area (Å²) in [6.45, 7) is 6.31. The molecule has 4 rings (SSSR count). The normalized spacial score (nSPS) is 35.4. The molecular weight excluding hydrogens is 250 g/mol. The van der Waals surface area contributed by atoms with Crippen molar-refractivity contribution in [1.82, 2.24) is 15.1 Å². The van der Waals surface area contributed by atoms with Crippen LogP contribution in [0.4, 0.5) is 0 Å². The standard InChI is InChI=1S/C16H25N3O/c1-3-19-10-12(9-17-19)11(2)18-14-13-5-8-20-15(13)16(14)6-4-7-16/h9-11,13-15,18H,3-8H2,1-2H3/t11-,13-,14+,15+/m0/s1. The molecule has 0 aromatic carbocycles. The van der Waals surface area contributed by atoms with Gasteiger partial charge in [-0.25, -0.2) is 0 Å². The van der Waals surface area contributed by atoms with Gasteiger partial charge in [0.15, 0.2) is 0 Å². The maximum Gasteiger partial charge on any atom is 0.0690 e. The molecule has 3 aliphatic rings. The lowest BCUT2D eigenvalue weighted by Gasteiger charge is -2.64. The van der Waals surface area contributed by atoms with Crippen molar-refractivity contribution in [3.63, 3.8) is 0 Å². The van der Waals surface area contributed by atoms with Crippen LogP contribution in [0.2, 0.25) is 0 Å². The molecule has 3 fully saturated rings. The second-order valence-corrected chi connectivity index (χ2v) is 6.83. The molecule has 0 amide bonds. The van der Waals surface area contributed by atoms with Gasteiger partial charge in [-0.1, -0.05) is 6.42 Å². The molecule has 2 heterocycles. The lowest BCUT2D eigenvalue weighted by atomic mass is 9.46. The number of aromatic nitrogens is 2. The second-order valence-electron chi connectivity index (χ2n) is 6.83. The van der Waals surface area contributed by atoms with Crippen LogP contribution in [0.3, 0.4) is 0 Å². The van der Waals surface area contributed by atoms with Crippen molar-refractivity contribution in [2.24, 2.45) is 11.3 Å². The van der Waals surface area contributed by atoms with Crippen molar-refractivity contribution in [2.75, 3.05) is 6.61 Å². The van der Waals surface area contributed by atoms with Crippen LogP contribution < -0.4 is 5.32 Å². The molecular formula is C16H25N3O. The minimum absolute atomic E-state index is 0.388. The van der Waals surface area contributed by atoms with Gasteiger partial charge in [-0.3, -0.25) is 4.68 Å². The number of nitrogens with one attached hydrogen (secondary N) is 1. The Labute approximate surface area is 120 Å². The third-order valence-electron chi connectivity index (χ3n) is 5.94. The molecule has 4 nitrogen and oxygen atoms in total. The highest BCUT2D eigenvalue weighted by molar-refractivity contribution is 5.20. The van der Waals surface area contributed by atoms with E-state index in [-0.39, 0.29) is 0 Å². The van der Waals surface area contributed by atoms with E-state index in [0.29, 0.717) is 23.6 Å². The third-order valence-corrected chi connectivity index (χ3v) is 5.94. The Hall–Kier alpha value is -0.870. The number of nitrogens with zero attached hydrogens (tertiary/aromatic N) is 2. The van der Waals surface area contributed by atoms with Gasteiger partial charge in [0.25, 0.3) is 0 Å². The van der Waals surface area contributed by atoms with Crippen LogP contribution in [-0.2, 0) is 11.3 Å². The Balaban J connectivity index is 1.48. The van der Waals surface area contributed by atoms with Crippen LogP contribution in [0.15, 0.2) is 12.4 Å². The number of hydrogen-bond donors (Lipinski definition) is 1. The number of fused-ring (bicyclic) bond motifs is 2. The summed E-state index contributed by atoms with van der Waals surface area (Å²) in [5, 5.41) is 8.30. The van der Waals surface area contributed by atoms with E-state index in [0.717, 1.165) is 19.1 Å². The van der Waals surface area contributed by atoms with Gasteiger partial charge in [-0.15, -0.1) is 0 Å². The Bertz CT molecular complexity index is 494. The van der Waals surface area contributed by atoms with Gasteiger partial charge in [0.2, 0.25) is 0 Å². The monoisotopic (exact) mass is 275 g/mol. The number of hydrogen-bond acceptors (Lipinski definition) is 3. The molecule has 1 aliphatic heterocycles. The quantitative estimate of drug-likeness (QED) is 0.917. The largest absolute Gasteiger partial charge is 0.377 e. The van der Waals surface area contributed by atoms with Gasteiger partial charge in [0.05, 0.1) is 12.3 Å². The summed E-state index contributed by atoms with van der Waals surface area (Å²) < 4.78 is 8.00. The first-order chi connectivity index (χ1) is 9.74. The molecule has 2 saturated carbocycles. The fraction of sp³-hybridized carbons (Fsp3) is 0.812. The Morgan fingerprint density at radius 3 is 3.05 bits per heavy atom. The second kappa shape index (κ2) is 4.57. The maximum absolute atomic E-state index is 5.99. The molecule has 0 bridgehead atoms. The van der Waals surface area contributed by atoms with E-state index in [2.05, 4.69) is 30.5 Å². The summed E-state index contributed by atoms with van der Waals surface area (Å²) in [5.74, 6) is 0.749. The van der Waals surface area contributed by atoms with Crippen molar-refractivity contribution < 1.29 is 4.74 Å². The molecule has 4 heteroatoms. The molecule has 2 aliphatic carbocycles. The molecule has 1 N–H and O–H groups in total. The molecule has 1 aromatic rings. The average molecular weight is 275 g/mol. The van der Waals surface area contributed by atoms with Crippen molar-refractivity contribution in [3.05, 3.63) is 18.0 Å². The lowest BCUT2D eigenvalue weighted by Crippen LogP contribution is -2.71. The van der Waals surface area contributed by atoms with E-state index in [1.807, 2.05) is 10.9 Å². The average Bonchev–Trinajstić information content (AvgIpc) is 3.01. The van der Waals surface area contributed by atoms with E-state index in [1.54, 1.807) is 0 Å². The van der Waals surface area contributed by atoms with Gasteiger partial charge >= 0.3 is 0 Å². The molecule has 1 aromatic heterocycles. The van der Waals surface area contributed by atoms with Crippen molar-refractivity contribution in [2.45, 2.75) is 64.3 Å². The Morgan fingerprint density at radius 2 is 2.40 bits per heavy atom. The summed E-state index contributed by atoms with van der Waals surface area (Å²) >= 11 is 0. The van der Waals surface area contributed by atoms with Crippen LogP contribution in [0.5, 0.6) is 0 Å². The number of aryl methyl sites for hydroxylation is 1. The van der Waals surface area contributed by atoms with Crippen LogP contribution in [0.1, 0.15) is 51.1 Å². The van der Waals surface area contributed by atoms with Gasteiger partial charge in [0.1, 0.15) is 0 Å². The molecule has 4 atom stereocenters. The third kappa shape index (κ3) is 1.64. The zero-order valence-corrected chi connectivity index (χ0v) is 12.5. The first-order valence-electron chi connectivity index (χ1n) is 8.14. The predicted octanol–water partition coefficient (Wildman–Crippen LogP) is 2.51. The van der Waals surface area contributed by atoms with E-state index < -0.39 is 0 Å². The fourth-order valence-electron chi connectivity index (χ4n) is 4.64. The van der Waals surface area contributed by atoms with Crippen LogP contribution in [-0.4, -0.2) is 28.5 Å². The van der Waals surface area contributed by atoms with Crippen molar-refractivity contribution in [3.8, 4) is 0 Å². The van der Waals surface area contributed by atoms with Gasteiger partial charge in [-0.05, 0) is 33.1 Å². The number of ether oxygens (including phenoxy) is 1. The molecule has 0 radical (unpaired) electrons. The van der Waals surface area contributed by atoms with Gasteiger partial charge in [-0.2, -0.15) is 5.10 Å².